The molecule has 0 fully saturated rings. The fraction of sp³-hybridized carbons (Fsp3) is 0.214. The third-order valence-electron chi connectivity index (χ3n) is 2.56. The van der Waals surface area contributed by atoms with Crippen molar-refractivity contribution in [1.29, 1.82) is 0 Å². The number of nitrogens with zero attached hydrogens (tertiary/aromatic N) is 1. The van der Waals surface area contributed by atoms with Crippen LogP contribution in [0.5, 0.6) is 0 Å². The molecule has 0 saturated heterocycles. The number of hydrogen-bond acceptors (Lipinski definition) is 1. The van der Waals surface area contributed by atoms with Gasteiger partial charge in [0.25, 0.3) is 0 Å². The third kappa shape index (κ3) is 1.91. The van der Waals surface area contributed by atoms with Crippen molar-refractivity contribution in [3.63, 3.8) is 0 Å². The summed E-state index contributed by atoms with van der Waals surface area (Å²) in [6.45, 7) is 4.27. The van der Waals surface area contributed by atoms with Crippen molar-refractivity contribution in [3.8, 4) is 0 Å². The molecule has 0 atom stereocenters. The Kier molecular flexibility index (Phi) is 2.82. The molecule has 0 radical (unpaired) electrons. The van der Waals surface area contributed by atoms with E-state index in [1.165, 1.54) is 16.3 Å². The zero-order valence-corrected chi connectivity index (χ0v) is 9.20. The van der Waals surface area contributed by atoms with Crippen LogP contribution < -0.4 is 0 Å². The van der Waals surface area contributed by atoms with Crippen LogP contribution in [0.4, 0.5) is 0 Å². The quantitative estimate of drug-likeness (QED) is 0.707. The summed E-state index contributed by atoms with van der Waals surface area (Å²) in [7, 11) is 0. The van der Waals surface area contributed by atoms with E-state index in [1.54, 1.807) is 0 Å². The molecule has 1 aromatic carbocycles. The van der Waals surface area contributed by atoms with Gasteiger partial charge in [0.05, 0.1) is 5.69 Å². The van der Waals surface area contributed by atoms with Gasteiger partial charge in [0, 0.05) is 11.6 Å². The molecule has 0 aliphatic carbocycles. The molecule has 76 valence electrons. The molecule has 0 spiro atoms. The molecule has 1 aromatic heterocycles. The average Bonchev–Trinajstić information content (AvgIpc) is 2.28. The van der Waals surface area contributed by atoms with E-state index >= 15 is 0 Å². The fourth-order valence-electron chi connectivity index (χ4n) is 1.84. The SMILES string of the molecule is CC/C=C(\C)c1nccc2ccccc12. The standard InChI is InChI=1S/C14H15N/c1-3-6-11(2)14-13-8-5-4-7-12(13)9-10-15-14/h4-10H,3H2,1-2H3/b11-6+. The summed E-state index contributed by atoms with van der Waals surface area (Å²) in [5, 5.41) is 2.49. The van der Waals surface area contributed by atoms with Gasteiger partial charge in [-0.15, -0.1) is 0 Å². The van der Waals surface area contributed by atoms with E-state index in [-0.39, 0.29) is 0 Å². The summed E-state index contributed by atoms with van der Waals surface area (Å²) >= 11 is 0. The minimum absolute atomic E-state index is 1.05. The molecular weight excluding hydrogens is 182 g/mol. The Hall–Kier alpha value is -1.63. The lowest BCUT2D eigenvalue weighted by Gasteiger charge is -2.05. The zero-order valence-electron chi connectivity index (χ0n) is 9.20. The molecule has 1 heteroatoms. The Labute approximate surface area is 90.5 Å². The van der Waals surface area contributed by atoms with Gasteiger partial charge in [-0.25, -0.2) is 0 Å². The van der Waals surface area contributed by atoms with E-state index in [0.29, 0.717) is 0 Å². The average molecular weight is 197 g/mol. The first-order chi connectivity index (χ1) is 7.33. The molecule has 1 nitrogen and oxygen atoms in total. The van der Waals surface area contributed by atoms with Crippen LogP contribution in [0.15, 0.2) is 42.6 Å². The van der Waals surface area contributed by atoms with Crippen molar-refractivity contribution in [3.05, 3.63) is 48.3 Å². The molecule has 1 heterocycles. The van der Waals surface area contributed by atoms with Crippen molar-refractivity contribution in [2.24, 2.45) is 0 Å². The number of benzene rings is 1. The van der Waals surface area contributed by atoms with Crippen molar-refractivity contribution in [2.75, 3.05) is 0 Å². The number of fused-ring (bicyclic) bond motifs is 1. The van der Waals surface area contributed by atoms with E-state index in [0.717, 1.165) is 12.1 Å². The number of aromatic nitrogens is 1. The predicted molar refractivity (Wildman–Crippen MR) is 65.7 cm³/mol. The first kappa shape index (κ1) is 9.91. The van der Waals surface area contributed by atoms with Gasteiger partial charge in [0.1, 0.15) is 0 Å². The normalized spacial score (nSPS) is 12.0. The van der Waals surface area contributed by atoms with E-state index in [2.05, 4.69) is 55.2 Å². The Morgan fingerprint density at radius 1 is 1.27 bits per heavy atom. The fourth-order valence-corrected chi connectivity index (χ4v) is 1.84. The Balaban J connectivity index is 2.66. The molecule has 2 aromatic rings. The number of allylic oxidation sites excluding steroid dienone is 2. The molecule has 0 unspecified atom stereocenters. The second kappa shape index (κ2) is 4.26. The number of pyridine rings is 1. The van der Waals surface area contributed by atoms with Gasteiger partial charge in [-0.2, -0.15) is 0 Å². The van der Waals surface area contributed by atoms with Crippen LogP contribution in [0.1, 0.15) is 26.0 Å². The van der Waals surface area contributed by atoms with Crippen LogP contribution in [-0.2, 0) is 0 Å². The van der Waals surface area contributed by atoms with Gasteiger partial charge >= 0.3 is 0 Å². The highest BCUT2D eigenvalue weighted by Gasteiger charge is 2.02. The van der Waals surface area contributed by atoms with E-state index < -0.39 is 0 Å². The molecular formula is C14H15N. The molecule has 15 heavy (non-hydrogen) atoms. The molecule has 2 rings (SSSR count). The lowest BCUT2D eigenvalue weighted by Crippen LogP contribution is -1.87. The Bertz CT molecular complexity index is 492. The van der Waals surface area contributed by atoms with Crippen LogP contribution in [0.25, 0.3) is 16.3 Å². The molecule has 0 aliphatic heterocycles. The topological polar surface area (TPSA) is 12.9 Å². The maximum atomic E-state index is 4.46. The number of hydrogen-bond donors (Lipinski definition) is 0. The predicted octanol–water partition coefficient (Wildman–Crippen LogP) is 4.05. The highest BCUT2D eigenvalue weighted by molar-refractivity contribution is 5.91. The van der Waals surface area contributed by atoms with E-state index in [1.807, 2.05) is 6.20 Å². The summed E-state index contributed by atoms with van der Waals surface area (Å²) in [4.78, 5) is 4.46. The molecule has 0 N–H and O–H groups in total. The molecule has 0 bridgehead atoms. The van der Waals surface area contributed by atoms with E-state index in [4.69, 9.17) is 0 Å². The Morgan fingerprint density at radius 3 is 2.87 bits per heavy atom. The molecule has 0 aliphatic rings. The van der Waals surface area contributed by atoms with Crippen LogP contribution in [0.3, 0.4) is 0 Å². The van der Waals surface area contributed by atoms with Gasteiger partial charge in [0.15, 0.2) is 0 Å². The second-order valence-corrected chi connectivity index (χ2v) is 3.68. The van der Waals surface area contributed by atoms with Crippen molar-refractivity contribution in [2.45, 2.75) is 20.3 Å². The van der Waals surface area contributed by atoms with Gasteiger partial charge in [-0.05, 0) is 30.4 Å². The van der Waals surface area contributed by atoms with Gasteiger partial charge in [-0.1, -0.05) is 37.3 Å². The second-order valence-electron chi connectivity index (χ2n) is 3.68. The minimum Gasteiger partial charge on any atom is -0.256 e. The maximum absolute atomic E-state index is 4.46. The third-order valence-corrected chi connectivity index (χ3v) is 2.56. The summed E-state index contributed by atoms with van der Waals surface area (Å²) in [6.07, 6.45) is 5.15. The first-order valence-electron chi connectivity index (χ1n) is 5.34. The molecule has 0 amide bonds. The minimum atomic E-state index is 1.05. The summed E-state index contributed by atoms with van der Waals surface area (Å²) in [5.41, 5.74) is 2.37. The monoisotopic (exact) mass is 197 g/mol. The lowest BCUT2D eigenvalue weighted by atomic mass is 10.0. The van der Waals surface area contributed by atoms with Crippen LogP contribution >= 0.6 is 0 Å². The van der Waals surface area contributed by atoms with E-state index in [9.17, 15) is 0 Å². The van der Waals surface area contributed by atoms with Crippen molar-refractivity contribution < 1.29 is 0 Å². The van der Waals surface area contributed by atoms with Crippen LogP contribution in [0.2, 0.25) is 0 Å². The number of rotatable bonds is 2. The maximum Gasteiger partial charge on any atom is 0.0733 e. The highest BCUT2D eigenvalue weighted by atomic mass is 14.7. The summed E-state index contributed by atoms with van der Waals surface area (Å²) in [6, 6.07) is 10.4. The zero-order chi connectivity index (χ0) is 10.7. The lowest BCUT2D eigenvalue weighted by molar-refractivity contribution is 1.21. The van der Waals surface area contributed by atoms with Crippen LogP contribution in [0, 0.1) is 0 Å². The van der Waals surface area contributed by atoms with Gasteiger partial charge in [-0.3, -0.25) is 4.98 Å². The van der Waals surface area contributed by atoms with Crippen LogP contribution in [-0.4, -0.2) is 4.98 Å². The largest absolute Gasteiger partial charge is 0.256 e. The van der Waals surface area contributed by atoms with Gasteiger partial charge < -0.3 is 0 Å². The Morgan fingerprint density at radius 2 is 2.07 bits per heavy atom. The summed E-state index contributed by atoms with van der Waals surface area (Å²) in [5.74, 6) is 0. The smallest absolute Gasteiger partial charge is 0.0733 e. The molecule has 0 saturated carbocycles. The van der Waals surface area contributed by atoms with Crippen molar-refractivity contribution >= 4 is 16.3 Å². The first-order valence-corrected chi connectivity index (χ1v) is 5.34. The highest BCUT2D eigenvalue weighted by Crippen LogP contribution is 2.22. The van der Waals surface area contributed by atoms with Crippen molar-refractivity contribution in [1.82, 2.24) is 4.98 Å². The van der Waals surface area contributed by atoms with Gasteiger partial charge in [0.2, 0.25) is 0 Å². The summed E-state index contributed by atoms with van der Waals surface area (Å²) < 4.78 is 0.